The van der Waals surface area contributed by atoms with E-state index in [1.807, 2.05) is 0 Å². The molecule has 0 atom stereocenters. The van der Waals surface area contributed by atoms with E-state index < -0.39 is 6.09 Å². The van der Waals surface area contributed by atoms with Crippen molar-refractivity contribution in [1.29, 1.82) is 0 Å². The molecule has 0 aromatic heterocycles. The Morgan fingerprint density at radius 1 is 1.70 bits per heavy atom. The number of ether oxygens (including phenoxy) is 1. The number of alkyl carbamates (subject to hydrolysis) is 1. The summed E-state index contributed by atoms with van der Waals surface area (Å²) in [6.45, 7) is 3.47. The summed E-state index contributed by atoms with van der Waals surface area (Å²) in [6, 6.07) is 0. The van der Waals surface area contributed by atoms with Crippen molar-refractivity contribution < 1.29 is 9.53 Å². The first kappa shape index (κ1) is 9.16. The van der Waals surface area contributed by atoms with E-state index in [4.69, 9.17) is 5.73 Å². The summed E-state index contributed by atoms with van der Waals surface area (Å²) in [5.74, 6) is 0. The van der Waals surface area contributed by atoms with Crippen LogP contribution in [0.4, 0.5) is 4.79 Å². The molecule has 0 aliphatic carbocycles. The first-order chi connectivity index (χ1) is 4.52. The van der Waals surface area contributed by atoms with Gasteiger partial charge in [-0.1, -0.05) is 0 Å². The lowest BCUT2D eigenvalue weighted by atomic mass is 10.5. The summed E-state index contributed by atoms with van der Waals surface area (Å²) in [4.78, 5) is 10.6. The van der Waals surface area contributed by atoms with Gasteiger partial charge in [-0.15, -0.1) is 0 Å². The number of nitrogens with one attached hydrogen (secondary N) is 1. The zero-order valence-corrected chi connectivity index (χ0v) is 6.70. The molecule has 0 aromatic rings. The molecule has 58 valence electrons. The van der Waals surface area contributed by atoms with Gasteiger partial charge in [0.25, 0.3) is 0 Å². The molecule has 3 N–H and O–H groups in total. The van der Waals surface area contributed by atoms with E-state index in [1.165, 1.54) is 0 Å². The molecule has 0 aromatic carbocycles. The van der Waals surface area contributed by atoms with E-state index in [0.29, 0.717) is 0 Å². The Bertz CT molecular complexity index is 147. The summed E-state index contributed by atoms with van der Waals surface area (Å²) in [5.41, 5.74) is 4.99. The maximum atomic E-state index is 10.6. The Hall–Kier alpha value is -0.840. The summed E-state index contributed by atoms with van der Waals surface area (Å²) in [6.07, 6.45) is -0.767. The summed E-state index contributed by atoms with van der Waals surface area (Å²) in [5, 5.41) is 2.04. The minimum Gasteiger partial charge on any atom is -0.447 e. The van der Waals surface area contributed by atoms with Crippen molar-refractivity contribution in [3.8, 4) is 0 Å². The smallest absolute Gasteiger partial charge is 0.413 e. The minimum atomic E-state index is -0.609. The highest BCUT2D eigenvalue weighted by atomic mass is 32.1. The Morgan fingerprint density at radius 3 is 2.50 bits per heavy atom. The number of nitrogens with two attached hydrogens (primary N) is 1. The number of amides is 1. The number of hydrogen-bond donors (Lipinski definition) is 2. The normalized spacial score (nSPS) is 9.10. The molecule has 0 unspecified atom stereocenters. The van der Waals surface area contributed by atoms with Crippen molar-refractivity contribution in [2.24, 2.45) is 5.73 Å². The van der Waals surface area contributed by atoms with Gasteiger partial charge in [0.05, 0.1) is 6.10 Å². The first-order valence-corrected chi connectivity index (χ1v) is 3.20. The van der Waals surface area contributed by atoms with Gasteiger partial charge in [-0.25, -0.2) is 4.79 Å². The van der Waals surface area contributed by atoms with Crippen molar-refractivity contribution >= 4 is 23.4 Å². The van der Waals surface area contributed by atoms with Crippen LogP contribution in [-0.2, 0) is 4.74 Å². The van der Waals surface area contributed by atoms with Crippen LogP contribution in [0.15, 0.2) is 0 Å². The molecule has 0 saturated heterocycles. The standard InChI is InChI=1S/C5H10N2O2S/c1-3(2)9-5(8)7-4(6)10/h3H,1-2H3,(H3,6,7,8,10). The zero-order valence-electron chi connectivity index (χ0n) is 5.88. The van der Waals surface area contributed by atoms with Gasteiger partial charge < -0.3 is 10.5 Å². The highest BCUT2D eigenvalue weighted by Gasteiger charge is 2.03. The number of carbonyl (C=O) groups excluding carboxylic acids is 1. The Kier molecular flexibility index (Phi) is 3.71. The second-order valence-electron chi connectivity index (χ2n) is 1.94. The molecule has 0 aliphatic heterocycles. The topological polar surface area (TPSA) is 64.3 Å². The van der Waals surface area contributed by atoms with E-state index in [9.17, 15) is 4.79 Å². The van der Waals surface area contributed by atoms with Crippen molar-refractivity contribution in [3.05, 3.63) is 0 Å². The number of carbonyl (C=O) groups is 1. The first-order valence-electron chi connectivity index (χ1n) is 2.79. The summed E-state index contributed by atoms with van der Waals surface area (Å²) in [7, 11) is 0. The van der Waals surface area contributed by atoms with Crippen LogP contribution < -0.4 is 11.1 Å². The second-order valence-corrected chi connectivity index (χ2v) is 2.38. The molecule has 0 saturated carbocycles. The molecule has 10 heavy (non-hydrogen) atoms. The maximum Gasteiger partial charge on any atom is 0.413 e. The van der Waals surface area contributed by atoms with Crippen molar-refractivity contribution in [1.82, 2.24) is 5.32 Å². The third kappa shape index (κ3) is 5.30. The van der Waals surface area contributed by atoms with Crippen LogP contribution in [0.5, 0.6) is 0 Å². The van der Waals surface area contributed by atoms with Gasteiger partial charge >= 0.3 is 6.09 Å². The van der Waals surface area contributed by atoms with Crippen molar-refractivity contribution in [2.45, 2.75) is 20.0 Å². The largest absolute Gasteiger partial charge is 0.447 e. The molecule has 0 heterocycles. The molecule has 5 heteroatoms. The highest BCUT2D eigenvalue weighted by molar-refractivity contribution is 7.80. The number of rotatable bonds is 1. The van der Waals surface area contributed by atoms with Crippen molar-refractivity contribution in [3.63, 3.8) is 0 Å². The minimum absolute atomic E-state index is 0.0781. The average Bonchev–Trinajstić information content (AvgIpc) is 1.58. The van der Waals surface area contributed by atoms with Crippen LogP contribution in [0.25, 0.3) is 0 Å². The van der Waals surface area contributed by atoms with Crippen LogP contribution in [0, 0.1) is 0 Å². The van der Waals surface area contributed by atoms with Gasteiger partial charge in [0.1, 0.15) is 0 Å². The molecule has 1 amide bonds. The molecule has 4 nitrogen and oxygen atoms in total. The molecule has 0 rings (SSSR count). The lowest BCUT2D eigenvalue weighted by Gasteiger charge is -2.07. The van der Waals surface area contributed by atoms with Crippen LogP contribution in [0.2, 0.25) is 0 Å². The van der Waals surface area contributed by atoms with Crippen molar-refractivity contribution in [2.75, 3.05) is 0 Å². The predicted molar refractivity (Wildman–Crippen MR) is 41.5 cm³/mol. The zero-order chi connectivity index (χ0) is 8.15. The van der Waals surface area contributed by atoms with Crippen LogP contribution in [0.1, 0.15) is 13.8 Å². The van der Waals surface area contributed by atoms with Gasteiger partial charge in [-0.2, -0.15) is 0 Å². The number of hydrogen-bond acceptors (Lipinski definition) is 3. The average molecular weight is 162 g/mol. The predicted octanol–water partition coefficient (Wildman–Crippen LogP) is 0.365. The fourth-order valence-corrected chi connectivity index (χ4v) is 0.427. The van der Waals surface area contributed by atoms with Gasteiger partial charge in [-0.05, 0) is 26.1 Å². The van der Waals surface area contributed by atoms with E-state index in [-0.39, 0.29) is 11.2 Å². The molecular formula is C5H10N2O2S. The van der Waals surface area contributed by atoms with Crippen LogP contribution in [0.3, 0.4) is 0 Å². The Labute approximate surface area is 64.7 Å². The third-order valence-corrected chi connectivity index (χ3v) is 0.670. The Balaban J connectivity index is 3.54. The molecule has 0 spiro atoms. The fourth-order valence-electron chi connectivity index (χ4n) is 0.344. The lowest BCUT2D eigenvalue weighted by Crippen LogP contribution is -2.36. The molecule has 0 radical (unpaired) electrons. The monoisotopic (exact) mass is 162 g/mol. The number of thiocarbonyl (C=S) groups is 1. The SMILES string of the molecule is CC(C)OC(=O)NC(N)=S. The molecule has 0 fully saturated rings. The highest BCUT2D eigenvalue weighted by Crippen LogP contribution is 1.86. The fraction of sp³-hybridized carbons (Fsp3) is 0.600. The Morgan fingerprint density at radius 2 is 2.20 bits per heavy atom. The third-order valence-electron chi connectivity index (χ3n) is 0.568. The lowest BCUT2D eigenvalue weighted by molar-refractivity contribution is 0.120. The van der Waals surface area contributed by atoms with Crippen LogP contribution >= 0.6 is 12.2 Å². The van der Waals surface area contributed by atoms with E-state index in [1.54, 1.807) is 13.8 Å². The van der Waals surface area contributed by atoms with E-state index in [0.717, 1.165) is 0 Å². The summed E-state index contributed by atoms with van der Waals surface area (Å²) >= 11 is 4.39. The second kappa shape index (κ2) is 4.05. The van der Waals surface area contributed by atoms with E-state index >= 15 is 0 Å². The van der Waals surface area contributed by atoms with E-state index in [2.05, 4.69) is 22.3 Å². The maximum absolute atomic E-state index is 10.6. The van der Waals surface area contributed by atoms with Gasteiger partial charge in [0.2, 0.25) is 0 Å². The van der Waals surface area contributed by atoms with Crippen LogP contribution in [-0.4, -0.2) is 17.3 Å². The van der Waals surface area contributed by atoms with Gasteiger partial charge in [0, 0.05) is 0 Å². The molecule has 0 aliphatic rings. The summed E-state index contributed by atoms with van der Waals surface area (Å²) < 4.78 is 4.64. The van der Waals surface area contributed by atoms with Gasteiger partial charge in [0.15, 0.2) is 5.11 Å². The molecule has 0 bridgehead atoms. The van der Waals surface area contributed by atoms with Gasteiger partial charge in [-0.3, -0.25) is 5.32 Å². The quantitative estimate of drug-likeness (QED) is 0.546. The molecular weight excluding hydrogens is 152 g/mol.